The van der Waals surface area contributed by atoms with Crippen molar-refractivity contribution in [1.82, 2.24) is 14.9 Å². The summed E-state index contributed by atoms with van der Waals surface area (Å²) >= 11 is 3.30. The molecule has 154 valence electrons. The minimum Gasteiger partial charge on any atom is -0.360 e. The lowest BCUT2D eigenvalue weighted by Gasteiger charge is -2.32. The molecule has 1 unspecified atom stereocenters. The van der Waals surface area contributed by atoms with Crippen LogP contribution in [0, 0.1) is 16.0 Å². The number of aromatic nitrogens is 2. The molecule has 0 radical (unpaired) electrons. The van der Waals surface area contributed by atoms with Gasteiger partial charge >= 0.3 is 0 Å². The molecule has 2 N–H and O–H groups in total. The van der Waals surface area contributed by atoms with Gasteiger partial charge in [0.25, 0.3) is 11.6 Å². The molecule has 1 aliphatic heterocycles. The molecule has 1 saturated heterocycles. The Morgan fingerprint density at radius 3 is 2.87 bits per heavy atom. The van der Waals surface area contributed by atoms with E-state index in [9.17, 15) is 19.7 Å². The van der Waals surface area contributed by atoms with Crippen molar-refractivity contribution >= 4 is 50.2 Å². The molecule has 1 fully saturated rings. The van der Waals surface area contributed by atoms with Gasteiger partial charge < -0.3 is 15.2 Å². The first-order valence-electron chi connectivity index (χ1n) is 9.39. The second kappa shape index (κ2) is 8.23. The fourth-order valence-corrected chi connectivity index (χ4v) is 3.86. The van der Waals surface area contributed by atoms with Crippen molar-refractivity contribution in [3.8, 4) is 0 Å². The van der Waals surface area contributed by atoms with Crippen molar-refractivity contribution in [3.05, 3.63) is 62.9 Å². The molecule has 10 heteroatoms. The number of carbonyl (C=O) groups is 2. The lowest BCUT2D eigenvalue weighted by Crippen LogP contribution is -2.43. The van der Waals surface area contributed by atoms with Crippen LogP contribution in [-0.4, -0.2) is 44.7 Å². The molecule has 4 rings (SSSR count). The van der Waals surface area contributed by atoms with Gasteiger partial charge in [-0.3, -0.25) is 19.7 Å². The summed E-state index contributed by atoms with van der Waals surface area (Å²) in [6, 6.07) is 7.86. The molecule has 1 atom stereocenters. The number of carbonyl (C=O) groups excluding carboxylic acids is 2. The molecule has 3 heterocycles. The van der Waals surface area contributed by atoms with Gasteiger partial charge in [0.15, 0.2) is 0 Å². The normalized spacial score (nSPS) is 16.4. The zero-order chi connectivity index (χ0) is 21.3. The standard InChI is InChI=1S/C20H18BrN5O4/c21-13-3-6-18(23-9-13)24-19(27)12-2-1-7-25(11-12)20(28)16-10-22-17-5-4-14(26(29)30)8-15(16)17/h3-6,8-10,12,22H,1-2,7,11H2,(H,23,24,27). The van der Waals surface area contributed by atoms with E-state index in [1.807, 2.05) is 0 Å². The SMILES string of the molecule is O=C(Nc1ccc(Br)cn1)C1CCCN(C(=O)c2c[nH]c3ccc([N+](=O)[O-])cc23)C1. The van der Waals surface area contributed by atoms with Crippen LogP contribution in [0.1, 0.15) is 23.2 Å². The number of anilines is 1. The van der Waals surface area contributed by atoms with Crippen molar-refractivity contribution in [1.29, 1.82) is 0 Å². The van der Waals surface area contributed by atoms with Gasteiger partial charge in [0.2, 0.25) is 5.91 Å². The van der Waals surface area contributed by atoms with Crippen LogP contribution in [0.3, 0.4) is 0 Å². The van der Waals surface area contributed by atoms with Crippen LogP contribution in [0.5, 0.6) is 0 Å². The van der Waals surface area contributed by atoms with Gasteiger partial charge in [-0.2, -0.15) is 0 Å². The molecule has 9 nitrogen and oxygen atoms in total. The molecule has 0 spiro atoms. The van der Waals surface area contributed by atoms with E-state index >= 15 is 0 Å². The van der Waals surface area contributed by atoms with Crippen LogP contribution in [0.2, 0.25) is 0 Å². The van der Waals surface area contributed by atoms with Crippen LogP contribution < -0.4 is 5.32 Å². The lowest BCUT2D eigenvalue weighted by atomic mass is 9.96. The Kier molecular flexibility index (Phi) is 5.49. The van der Waals surface area contributed by atoms with E-state index in [4.69, 9.17) is 0 Å². The average Bonchev–Trinajstić information content (AvgIpc) is 3.18. The van der Waals surface area contributed by atoms with Gasteiger partial charge in [-0.1, -0.05) is 0 Å². The summed E-state index contributed by atoms with van der Waals surface area (Å²) in [6.07, 6.45) is 4.53. The Morgan fingerprint density at radius 1 is 1.30 bits per heavy atom. The van der Waals surface area contributed by atoms with E-state index in [1.165, 1.54) is 12.1 Å². The molecular weight excluding hydrogens is 454 g/mol. The van der Waals surface area contributed by atoms with Gasteiger partial charge in [0.05, 0.1) is 16.4 Å². The third kappa shape index (κ3) is 4.04. The summed E-state index contributed by atoms with van der Waals surface area (Å²) in [5, 5.41) is 14.4. The number of pyridine rings is 1. The van der Waals surface area contributed by atoms with Gasteiger partial charge in [-0.05, 0) is 47.0 Å². The van der Waals surface area contributed by atoms with Gasteiger partial charge in [-0.15, -0.1) is 0 Å². The van der Waals surface area contributed by atoms with E-state index < -0.39 is 4.92 Å². The predicted molar refractivity (Wildman–Crippen MR) is 114 cm³/mol. The lowest BCUT2D eigenvalue weighted by molar-refractivity contribution is -0.384. The summed E-state index contributed by atoms with van der Waals surface area (Å²) < 4.78 is 0.814. The number of H-pyrrole nitrogens is 1. The molecule has 2 aromatic heterocycles. The molecule has 30 heavy (non-hydrogen) atoms. The topological polar surface area (TPSA) is 121 Å². The average molecular weight is 472 g/mol. The first-order valence-corrected chi connectivity index (χ1v) is 10.2. The van der Waals surface area contributed by atoms with Crippen molar-refractivity contribution in [3.63, 3.8) is 0 Å². The van der Waals surface area contributed by atoms with Crippen LogP contribution >= 0.6 is 15.9 Å². The molecule has 0 aliphatic carbocycles. The van der Waals surface area contributed by atoms with Crippen molar-refractivity contribution in [2.24, 2.45) is 5.92 Å². The van der Waals surface area contributed by atoms with E-state index in [-0.39, 0.29) is 30.0 Å². The minimum atomic E-state index is -0.488. The number of hydrogen-bond acceptors (Lipinski definition) is 5. The number of aromatic amines is 1. The maximum atomic E-state index is 13.1. The second-order valence-corrected chi connectivity index (χ2v) is 8.05. The predicted octanol–water partition coefficient (Wildman–Crippen LogP) is 3.72. The smallest absolute Gasteiger partial charge is 0.270 e. The number of piperidine rings is 1. The van der Waals surface area contributed by atoms with Crippen LogP contribution in [-0.2, 0) is 4.79 Å². The molecular formula is C20H18BrN5O4. The molecule has 1 aromatic carbocycles. The zero-order valence-corrected chi connectivity index (χ0v) is 17.4. The highest BCUT2D eigenvalue weighted by Gasteiger charge is 2.30. The third-order valence-electron chi connectivity index (χ3n) is 5.16. The number of amides is 2. The number of benzene rings is 1. The summed E-state index contributed by atoms with van der Waals surface area (Å²) in [5.41, 5.74) is 0.940. The van der Waals surface area contributed by atoms with E-state index in [2.05, 4.69) is 31.2 Å². The quantitative estimate of drug-likeness (QED) is 0.443. The van der Waals surface area contributed by atoms with E-state index in [1.54, 1.807) is 35.5 Å². The first kappa shape index (κ1) is 20.0. The third-order valence-corrected chi connectivity index (χ3v) is 5.63. The Balaban J connectivity index is 1.50. The van der Waals surface area contributed by atoms with E-state index in [0.717, 1.165) is 4.47 Å². The highest BCUT2D eigenvalue weighted by atomic mass is 79.9. The number of non-ortho nitro benzene ring substituents is 1. The molecule has 0 saturated carbocycles. The van der Waals surface area contributed by atoms with Crippen LogP contribution in [0.4, 0.5) is 11.5 Å². The van der Waals surface area contributed by atoms with Crippen LogP contribution in [0.15, 0.2) is 47.2 Å². The molecule has 0 bridgehead atoms. The highest BCUT2D eigenvalue weighted by Crippen LogP contribution is 2.27. The van der Waals surface area contributed by atoms with Gasteiger partial charge in [-0.25, -0.2) is 4.98 Å². The van der Waals surface area contributed by atoms with Gasteiger partial charge in [0, 0.05) is 53.0 Å². The maximum Gasteiger partial charge on any atom is 0.270 e. The number of nitrogens with zero attached hydrogens (tertiary/aromatic N) is 3. The first-order chi connectivity index (χ1) is 14.4. The van der Waals surface area contributed by atoms with Crippen LogP contribution in [0.25, 0.3) is 10.9 Å². The number of fused-ring (bicyclic) bond motifs is 1. The Hall–Kier alpha value is -3.27. The fraction of sp³-hybridized carbons (Fsp3) is 0.250. The van der Waals surface area contributed by atoms with Crippen molar-refractivity contribution in [2.75, 3.05) is 18.4 Å². The number of halogens is 1. The zero-order valence-electron chi connectivity index (χ0n) is 15.8. The maximum absolute atomic E-state index is 13.1. The molecule has 2 amide bonds. The number of nitrogens with one attached hydrogen (secondary N) is 2. The second-order valence-electron chi connectivity index (χ2n) is 7.13. The molecule has 3 aromatic rings. The Labute approximate surface area is 179 Å². The van der Waals surface area contributed by atoms with Gasteiger partial charge in [0.1, 0.15) is 5.82 Å². The fourth-order valence-electron chi connectivity index (χ4n) is 3.62. The number of nitro groups is 1. The molecule has 1 aliphatic rings. The number of nitro benzene ring substituents is 1. The van der Waals surface area contributed by atoms with Crippen molar-refractivity contribution < 1.29 is 14.5 Å². The summed E-state index contributed by atoms with van der Waals surface area (Å²) in [7, 11) is 0. The minimum absolute atomic E-state index is 0.0750. The number of likely N-dealkylation sites (tertiary alicyclic amines) is 1. The number of hydrogen-bond donors (Lipinski definition) is 2. The summed E-state index contributed by atoms with van der Waals surface area (Å²) in [6.45, 7) is 0.809. The summed E-state index contributed by atoms with van der Waals surface area (Å²) in [4.78, 5) is 45.1. The highest BCUT2D eigenvalue weighted by molar-refractivity contribution is 9.10. The largest absolute Gasteiger partial charge is 0.360 e. The Bertz CT molecular complexity index is 1130. The summed E-state index contributed by atoms with van der Waals surface area (Å²) in [5.74, 6) is -0.332. The monoisotopic (exact) mass is 471 g/mol. The van der Waals surface area contributed by atoms with E-state index in [0.29, 0.717) is 41.7 Å². The Morgan fingerprint density at radius 2 is 2.13 bits per heavy atom. The van der Waals surface area contributed by atoms with Crippen molar-refractivity contribution in [2.45, 2.75) is 12.8 Å². The number of rotatable bonds is 4.